The van der Waals surface area contributed by atoms with Crippen molar-refractivity contribution in [2.24, 2.45) is 0 Å². The van der Waals surface area contributed by atoms with E-state index >= 15 is 0 Å². The Balaban J connectivity index is 2.24. The summed E-state index contributed by atoms with van der Waals surface area (Å²) in [6.45, 7) is 6.04. The normalized spacial score (nSPS) is 11.5. The van der Waals surface area contributed by atoms with E-state index in [0.29, 0.717) is 17.9 Å². The van der Waals surface area contributed by atoms with Gasteiger partial charge in [-0.3, -0.25) is 4.72 Å². The van der Waals surface area contributed by atoms with Crippen molar-refractivity contribution in [2.75, 3.05) is 11.3 Å². The van der Waals surface area contributed by atoms with E-state index in [1.807, 2.05) is 32.0 Å². The molecule has 0 fully saturated rings. The lowest BCUT2D eigenvalue weighted by Crippen LogP contribution is -2.15. The molecule has 0 saturated heterocycles. The lowest BCUT2D eigenvalue weighted by molar-refractivity contribution is -0.137. The number of carbonyl (C=O) groups is 1. The summed E-state index contributed by atoms with van der Waals surface area (Å²) >= 11 is 0. The molecule has 0 spiro atoms. The van der Waals surface area contributed by atoms with Gasteiger partial charge in [0.1, 0.15) is 0 Å². The summed E-state index contributed by atoms with van der Waals surface area (Å²) in [5, 5.41) is 0. The van der Waals surface area contributed by atoms with Gasteiger partial charge in [0, 0.05) is 6.08 Å². The van der Waals surface area contributed by atoms with Gasteiger partial charge in [-0.05, 0) is 54.7 Å². The first-order valence-electron chi connectivity index (χ1n) is 8.99. The van der Waals surface area contributed by atoms with E-state index in [1.165, 1.54) is 18.2 Å². The Kier molecular flexibility index (Phi) is 7.19. The Morgan fingerprint density at radius 2 is 1.59 bits per heavy atom. The Morgan fingerprint density at radius 3 is 2.11 bits per heavy atom. The van der Waals surface area contributed by atoms with E-state index in [0.717, 1.165) is 24.0 Å². The summed E-state index contributed by atoms with van der Waals surface area (Å²) in [5.41, 5.74) is 3.30. The molecule has 0 aliphatic carbocycles. The Hall–Kier alpha value is -2.60. The average molecular weight is 388 g/mol. The highest BCUT2D eigenvalue weighted by molar-refractivity contribution is 7.92. The highest BCUT2D eigenvalue weighted by atomic mass is 32.2. The van der Waals surface area contributed by atoms with Gasteiger partial charge < -0.3 is 4.74 Å². The molecular weight excluding hydrogens is 362 g/mol. The zero-order valence-electron chi connectivity index (χ0n) is 15.9. The van der Waals surface area contributed by atoms with Crippen LogP contribution in [0.3, 0.4) is 0 Å². The third kappa shape index (κ3) is 5.44. The number of hydrogen-bond donors (Lipinski definition) is 1. The molecule has 0 bridgehead atoms. The Labute approximate surface area is 161 Å². The van der Waals surface area contributed by atoms with Crippen LogP contribution in [0.4, 0.5) is 5.69 Å². The molecule has 0 radical (unpaired) electrons. The lowest BCUT2D eigenvalue weighted by atomic mass is 10.0. The maximum Gasteiger partial charge on any atom is 0.330 e. The molecule has 6 heteroatoms. The van der Waals surface area contributed by atoms with E-state index in [1.54, 1.807) is 25.1 Å². The second-order valence-corrected chi connectivity index (χ2v) is 7.60. The third-order valence-electron chi connectivity index (χ3n) is 4.12. The molecule has 0 aliphatic rings. The molecule has 0 atom stereocenters. The van der Waals surface area contributed by atoms with Crippen molar-refractivity contribution in [3.05, 3.63) is 65.2 Å². The van der Waals surface area contributed by atoms with Crippen LogP contribution in [-0.4, -0.2) is 21.0 Å². The maximum absolute atomic E-state index is 12.8. The highest BCUT2D eigenvalue weighted by Gasteiger charge is 2.17. The van der Waals surface area contributed by atoms with Gasteiger partial charge in [0.2, 0.25) is 0 Å². The molecule has 2 aromatic carbocycles. The van der Waals surface area contributed by atoms with Crippen molar-refractivity contribution in [3.63, 3.8) is 0 Å². The SMILES string of the molecule is CCOC(=O)/C=C/c1ccc(S(=O)(=O)Nc2c(CC)cccc2CC)cc1. The molecule has 0 aromatic heterocycles. The molecule has 5 nitrogen and oxygen atoms in total. The largest absolute Gasteiger partial charge is 0.463 e. The molecule has 0 saturated carbocycles. The predicted molar refractivity (Wildman–Crippen MR) is 108 cm³/mol. The second kappa shape index (κ2) is 9.37. The van der Waals surface area contributed by atoms with Crippen molar-refractivity contribution < 1.29 is 17.9 Å². The molecule has 2 rings (SSSR count). The molecule has 0 unspecified atom stereocenters. The number of anilines is 1. The number of nitrogens with one attached hydrogen (secondary N) is 1. The van der Waals surface area contributed by atoms with Crippen molar-refractivity contribution in [1.82, 2.24) is 0 Å². The van der Waals surface area contributed by atoms with E-state index in [4.69, 9.17) is 4.74 Å². The molecule has 0 heterocycles. The molecular formula is C21H25NO4S. The second-order valence-electron chi connectivity index (χ2n) is 5.92. The summed E-state index contributed by atoms with van der Waals surface area (Å²) < 4.78 is 33.2. The monoisotopic (exact) mass is 387 g/mol. The Bertz CT molecular complexity index is 893. The van der Waals surface area contributed by atoms with Gasteiger partial charge in [0.05, 0.1) is 17.2 Å². The molecule has 2 aromatic rings. The molecule has 27 heavy (non-hydrogen) atoms. The summed E-state index contributed by atoms with van der Waals surface area (Å²) in [6, 6.07) is 12.1. The number of ether oxygens (including phenoxy) is 1. The number of aryl methyl sites for hydroxylation is 2. The summed E-state index contributed by atoms with van der Waals surface area (Å²) in [7, 11) is -3.70. The van der Waals surface area contributed by atoms with Gasteiger partial charge in [0.15, 0.2) is 0 Å². The van der Waals surface area contributed by atoms with Crippen LogP contribution in [0.2, 0.25) is 0 Å². The van der Waals surface area contributed by atoms with Crippen LogP contribution in [0.15, 0.2) is 53.4 Å². The first kappa shape index (κ1) is 20.7. The average Bonchev–Trinajstić information content (AvgIpc) is 2.67. The minimum atomic E-state index is -3.70. The van der Waals surface area contributed by atoms with Crippen LogP contribution in [0, 0.1) is 0 Å². The van der Waals surface area contributed by atoms with E-state index in [-0.39, 0.29) is 4.90 Å². The third-order valence-corrected chi connectivity index (χ3v) is 5.49. The van der Waals surface area contributed by atoms with Crippen LogP contribution >= 0.6 is 0 Å². The standard InChI is InChI=1S/C21H25NO4S/c1-4-17-8-7-9-18(5-2)21(17)22-27(24,25)19-13-10-16(11-14-19)12-15-20(23)26-6-3/h7-15,22H,4-6H2,1-3H3/b15-12+. The van der Waals surface area contributed by atoms with Crippen LogP contribution in [0.1, 0.15) is 37.5 Å². The number of carbonyl (C=O) groups excluding carboxylic acids is 1. The maximum atomic E-state index is 12.8. The number of benzene rings is 2. The first-order valence-corrected chi connectivity index (χ1v) is 10.5. The van der Waals surface area contributed by atoms with Gasteiger partial charge >= 0.3 is 5.97 Å². The van der Waals surface area contributed by atoms with Crippen LogP contribution < -0.4 is 4.72 Å². The zero-order chi connectivity index (χ0) is 19.9. The predicted octanol–water partition coefficient (Wildman–Crippen LogP) is 4.19. The van der Waals surface area contributed by atoms with Gasteiger partial charge in [-0.2, -0.15) is 0 Å². The lowest BCUT2D eigenvalue weighted by Gasteiger charge is -2.15. The highest BCUT2D eigenvalue weighted by Crippen LogP contribution is 2.26. The molecule has 1 N–H and O–H groups in total. The van der Waals surface area contributed by atoms with Crippen LogP contribution in [-0.2, 0) is 32.4 Å². The van der Waals surface area contributed by atoms with Crippen molar-refractivity contribution in [2.45, 2.75) is 38.5 Å². The van der Waals surface area contributed by atoms with E-state index < -0.39 is 16.0 Å². The number of rotatable bonds is 8. The fourth-order valence-electron chi connectivity index (χ4n) is 2.68. The van der Waals surface area contributed by atoms with Gasteiger partial charge in [0.25, 0.3) is 10.0 Å². The topological polar surface area (TPSA) is 72.5 Å². The Morgan fingerprint density at radius 1 is 1.00 bits per heavy atom. The number of para-hydroxylation sites is 1. The van der Waals surface area contributed by atoms with Crippen molar-refractivity contribution >= 4 is 27.8 Å². The number of esters is 1. The van der Waals surface area contributed by atoms with Crippen molar-refractivity contribution in [3.8, 4) is 0 Å². The summed E-state index contributed by atoms with van der Waals surface area (Å²) in [4.78, 5) is 11.5. The van der Waals surface area contributed by atoms with E-state index in [9.17, 15) is 13.2 Å². The molecule has 0 aliphatic heterocycles. The zero-order valence-corrected chi connectivity index (χ0v) is 16.7. The van der Waals surface area contributed by atoms with Gasteiger partial charge in [-0.15, -0.1) is 0 Å². The fraction of sp³-hybridized carbons (Fsp3) is 0.286. The summed E-state index contributed by atoms with van der Waals surface area (Å²) in [5.74, 6) is -0.431. The minimum absolute atomic E-state index is 0.170. The quantitative estimate of drug-likeness (QED) is 0.544. The van der Waals surface area contributed by atoms with Crippen LogP contribution in [0.25, 0.3) is 6.08 Å². The number of sulfonamides is 1. The number of hydrogen-bond acceptors (Lipinski definition) is 4. The first-order chi connectivity index (χ1) is 12.9. The van der Waals surface area contributed by atoms with Crippen LogP contribution in [0.5, 0.6) is 0 Å². The summed E-state index contributed by atoms with van der Waals surface area (Å²) in [6.07, 6.45) is 4.38. The molecule has 0 amide bonds. The van der Waals surface area contributed by atoms with Gasteiger partial charge in [-0.1, -0.05) is 44.2 Å². The van der Waals surface area contributed by atoms with E-state index in [2.05, 4.69) is 4.72 Å². The molecule has 144 valence electrons. The fourth-order valence-corrected chi connectivity index (χ4v) is 3.82. The minimum Gasteiger partial charge on any atom is -0.463 e. The smallest absolute Gasteiger partial charge is 0.330 e. The van der Waals surface area contributed by atoms with Gasteiger partial charge in [-0.25, -0.2) is 13.2 Å². The van der Waals surface area contributed by atoms with Crippen molar-refractivity contribution in [1.29, 1.82) is 0 Å².